The van der Waals surface area contributed by atoms with Crippen molar-refractivity contribution in [1.82, 2.24) is 5.32 Å². The van der Waals surface area contributed by atoms with E-state index >= 15 is 0 Å². The molecule has 0 radical (unpaired) electrons. The molecule has 0 bridgehead atoms. The van der Waals surface area contributed by atoms with Crippen molar-refractivity contribution >= 4 is 12.4 Å². The molecule has 0 fully saturated rings. The van der Waals surface area contributed by atoms with Crippen LogP contribution in [0, 0.1) is 5.92 Å². The van der Waals surface area contributed by atoms with Gasteiger partial charge >= 0.3 is 6.09 Å². The second kappa shape index (κ2) is 4.98. The van der Waals surface area contributed by atoms with Gasteiger partial charge in [-0.1, -0.05) is 25.8 Å². The number of hydrogen-bond donors (Lipinski definition) is 1. The number of rotatable bonds is 3. The van der Waals surface area contributed by atoms with Crippen LogP contribution in [0.15, 0.2) is 0 Å². The Morgan fingerprint density at radius 1 is 1.36 bits per heavy atom. The van der Waals surface area contributed by atoms with Crippen LogP contribution in [0.4, 0.5) is 4.79 Å². The molecular weight excluding hydrogens is 182 g/mol. The van der Waals surface area contributed by atoms with Gasteiger partial charge in [-0.05, 0) is 20.8 Å². The van der Waals surface area contributed by atoms with Crippen LogP contribution in [0.1, 0.15) is 34.6 Å². The lowest BCUT2D eigenvalue weighted by Gasteiger charge is -2.27. The topological polar surface area (TPSA) is 55.4 Å². The Labute approximate surface area is 85.0 Å². The molecule has 0 heterocycles. The number of nitrogens with one attached hydrogen (secondary N) is 1. The number of amides is 1. The van der Waals surface area contributed by atoms with Gasteiger partial charge in [0.15, 0.2) is 0 Å². The van der Waals surface area contributed by atoms with Crippen molar-refractivity contribution in [2.75, 3.05) is 0 Å². The third kappa shape index (κ3) is 5.56. The summed E-state index contributed by atoms with van der Waals surface area (Å²) in [5.41, 5.74) is -0.547. The molecular formula is C10H18NO3-. The number of alkyl carbamates (subject to hydrolysis) is 1. The van der Waals surface area contributed by atoms with Crippen LogP contribution in [0.2, 0.25) is 0 Å². The maximum Gasteiger partial charge on any atom is 0.405 e. The molecule has 0 aromatic heterocycles. The Morgan fingerprint density at radius 3 is 2.14 bits per heavy atom. The molecule has 82 valence electrons. The van der Waals surface area contributed by atoms with Crippen LogP contribution in [0.25, 0.3) is 0 Å². The largest absolute Gasteiger partial charge is 0.540 e. The summed E-state index contributed by atoms with van der Waals surface area (Å²) in [7, 11) is 0. The van der Waals surface area contributed by atoms with Gasteiger partial charge in [-0.2, -0.15) is 0 Å². The Balaban J connectivity index is 4.11. The molecule has 0 aromatic rings. The van der Waals surface area contributed by atoms with E-state index in [1.807, 2.05) is 13.8 Å². The molecule has 0 spiro atoms. The SMILES string of the molecule is CC(C)C([C-]=O)NC(=O)OC(C)(C)C. The molecule has 0 saturated carbocycles. The Hall–Kier alpha value is -1.06. The molecule has 0 aliphatic rings. The predicted molar refractivity (Wildman–Crippen MR) is 53.7 cm³/mol. The van der Waals surface area contributed by atoms with Crippen molar-refractivity contribution in [1.29, 1.82) is 0 Å². The van der Waals surface area contributed by atoms with Crippen molar-refractivity contribution in [2.45, 2.75) is 46.3 Å². The number of carbonyl (C=O) groups excluding carboxylic acids is 2. The van der Waals surface area contributed by atoms with Gasteiger partial charge in [0.2, 0.25) is 0 Å². The molecule has 14 heavy (non-hydrogen) atoms. The molecule has 1 atom stereocenters. The van der Waals surface area contributed by atoms with Crippen LogP contribution in [-0.4, -0.2) is 24.0 Å². The third-order valence-electron chi connectivity index (χ3n) is 1.47. The number of ether oxygens (including phenoxy) is 1. The summed E-state index contributed by atoms with van der Waals surface area (Å²) in [6.45, 7) is 8.95. The smallest absolute Gasteiger partial charge is 0.405 e. The molecule has 4 heteroatoms. The lowest BCUT2D eigenvalue weighted by molar-refractivity contribution is 0.0507. The minimum atomic E-state index is -0.607. The molecule has 0 aromatic carbocycles. The van der Waals surface area contributed by atoms with Gasteiger partial charge in [-0.25, -0.2) is 11.1 Å². The fourth-order valence-corrected chi connectivity index (χ4v) is 0.767. The van der Waals surface area contributed by atoms with Crippen LogP contribution in [0.3, 0.4) is 0 Å². The zero-order valence-corrected chi connectivity index (χ0v) is 9.38. The molecule has 0 aliphatic carbocycles. The highest BCUT2D eigenvalue weighted by molar-refractivity contribution is 5.73. The van der Waals surface area contributed by atoms with Gasteiger partial charge in [-0.15, -0.1) is 0 Å². The zero-order valence-electron chi connectivity index (χ0n) is 9.38. The summed E-state index contributed by atoms with van der Waals surface area (Å²) in [5, 5.41) is 2.44. The molecule has 0 saturated heterocycles. The van der Waals surface area contributed by atoms with E-state index in [1.165, 1.54) is 0 Å². The number of carbonyl (C=O) groups is 1. The lowest BCUT2D eigenvalue weighted by Crippen LogP contribution is -2.42. The van der Waals surface area contributed by atoms with Gasteiger partial charge in [0.1, 0.15) is 5.60 Å². The van der Waals surface area contributed by atoms with Gasteiger partial charge < -0.3 is 14.8 Å². The quantitative estimate of drug-likeness (QED) is 0.705. The lowest BCUT2D eigenvalue weighted by atomic mass is 10.1. The van der Waals surface area contributed by atoms with Crippen LogP contribution in [-0.2, 0) is 9.53 Å². The first-order valence-corrected chi connectivity index (χ1v) is 4.63. The fourth-order valence-electron chi connectivity index (χ4n) is 0.767. The van der Waals surface area contributed by atoms with E-state index < -0.39 is 17.7 Å². The van der Waals surface area contributed by atoms with E-state index in [2.05, 4.69) is 5.32 Å². The standard InChI is InChI=1S/C10H18NO3/c1-7(2)8(6-12)11-9(13)14-10(3,4)5/h7-8H,1-5H3,(H,11,13)/q-1. The molecule has 1 unspecified atom stereocenters. The second-order valence-electron chi connectivity index (χ2n) is 4.49. The van der Waals surface area contributed by atoms with Crippen molar-refractivity contribution in [3.63, 3.8) is 0 Å². The summed E-state index contributed by atoms with van der Waals surface area (Å²) in [5.74, 6) is 0.0139. The summed E-state index contributed by atoms with van der Waals surface area (Å²) in [6, 6.07) is -0.607. The van der Waals surface area contributed by atoms with Crippen LogP contribution < -0.4 is 5.32 Å². The van der Waals surface area contributed by atoms with Crippen molar-refractivity contribution in [2.24, 2.45) is 5.92 Å². The highest BCUT2D eigenvalue weighted by Crippen LogP contribution is 2.07. The average molecular weight is 200 g/mol. The first kappa shape index (κ1) is 12.9. The maximum atomic E-state index is 11.2. The molecule has 1 amide bonds. The van der Waals surface area contributed by atoms with Crippen molar-refractivity contribution < 1.29 is 14.3 Å². The molecule has 1 N–H and O–H groups in total. The van der Waals surface area contributed by atoms with Gasteiger partial charge in [0, 0.05) is 0 Å². The molecule has 0 rings (SSSR count). The van der Waals surface area contributed by atoms with E-state index in [1.54, 1.807) is 27.1 Å². The predicted octanol–water partition coefficient (Wildman–Crippen LogP) is 1.65. The van der Waals surface area contributed by atoms with E-state index in [0.717, 1.165) is 0 Å². The van der Waals surface area contributed by atoms with Gasteiger partial charge in [-0.3, -0.25) is 0 Å². The number of hydrogen-bond acceptors (Lipinski definition) is 3. The summed E-state index contributed by atoms with van der Waals surface area (Å²) in [4.78, 5) is 21.7. The van der Waals surface area contributed by atoms with Gasteiger partial charge in [0.25, 0.3) is 0 Å². The Bertz CT molecular complexity index is 206. The molecule has 4 nitrogen and oxygen atoms in total. The summed E-state index contributed by atoms with van der Waals surface area (Å²) >= 11 is 0. The van der Waals surface area contributed by atoms with E-state index in [4.69, 9.17) is 4.74 Å². The minimum absolute atomic E-state index is 0.0139. The van der Waals surface area contributed by atoms with Gasteiger partial charge in [0.05, 0.1) is 0 Å². The normalized spacial score (nSPS) is 13.6. The second-order valence-corrected chi connectivity index (χ2v) is 4.49. The maximum absolute atomic E-state index is 11.2. The highest BCUT2D eigenvalue weighted by Gasteiger charge is 2.17. The van der Waals surface area contributed by atoms with Crippen molar-refractivity contribution in [3.8, 4) is 0 Å². The first-order valence-electron chi connectivity index (χ1n) is 4.63. The first-order chi connectivity index (χ1) is 6.26. The Morgan fingerprint density at radius 2 is 1.86 bits per heavy atom. The fraction of sp³-hybridized carbons (Fsp3) is 0.800. The highest BCUT2D eigenvalue weighted by atomic mass is 16.6. The van der Waals surface area contributed by atoms with E-state index in [9.17, 15) is 9.59 Å². The third-order valence-corrected chi connectivity index (χ3v) is 1.47. The van der Waals surface area contributed by atoms with Crippen LogP contribution in [0.5, 0.6) is 0 Å². The zero-order chi connectivity index (χ0) is 11.4. The monoisotopic (exact) mass is 200 g/mol. The molecule has 0 aliphatic heterocycles. The Kier molecular flexibility index (Phi) is 4.60. The van der Waals surface area contributed by atoms with E-state index in [0.29, 0.717) is 0 Å². The van der Waals surface area contributed by atoms with Crippen molar-refractivity contribution in [3.05, 3.63) is 0 Å². The average Bonchev–Trinajstić information content (AvgIpc) is 1.96. The van der Waals surface area contributed by atoms with Crippen LogP contribution >= 0.6 is 0 Å². The summed E-state index contributed by atoms with van der Waals surface area (Å²) < 4.78 is 4.99. The summed E-state index contributed by atoms with van der Waals surface area (Å²) in [6.07, 6.45) is 1.17. The minimum Gasteiger partial charge on any atom is -0.540 e. The van der Waals surface area contributed by atoms with E-state index in [-0.39, 0.29) is 5.92 Å².